The predicted octanol–water partition coefficient (Wildman–Crippen LogP) is 1.08. The first-order valence-electron chi connectivity index (χ1n) is 12.4. The van der Waals surface area contributed by atoms with Crippen molar-refractivity contribution in [3.63, 3.8) is 0 Å². The smallest absolute Gasteiger partial charge is 0.264 e. The van der Waals surface area contributed by atoms with E-state index < -0.39 is 11.6 Å². The van der Waals surface area contributed by atoms with Crippen LogP contribution in [0.2, 0.25) is 0 Å². The van der Waals surface area contributed by atoms with Crippen molar-refractivity contribution < 1.29 is 19.1 Å². The van der Waals surface area contributed by atoms with Crippen molar-refractivity contribution >= 4 is 23.0 Å². The Balaban J connectivity index is 1.31. The molecule has 0 aromatic carbocycles. The molecule has 0 aliphatic carbocycles. The summed E-state index contributed by atoms with van der Waals surface area (Å²) >= 11 is 0. The molecule has 5 heterocycles. The van der Waals surface area contributed by atoms with Crippen LogP contribution in [-0.2, 0) is 9.59 Å². The Bertz CT molecular complexity index is 1440. The molecule has 2 saturated heterocycles. The second-order valence-electron chi connectivity index (χ2n) is 9.61. The number of nitriles is 1. The van der Waals surface area contributed by atoms with Gasteiger partial charge < -0.3 is 20.2 Å². The van der Waals surface area contributed by atoms with Crippen LogP contribution in [0.15, 0.2) is 31.1 Å². The van der Waals surface area contributed by atoms with Crippen molar-refractivity contribution in [3.05, 3.63) is 42.4 Å². The Morgan fingerprint density at radius 1 is 1.34 bits per heavy atom. The molecule has 198 valence electrons. The van der Waals surface area contributed by atoms with E-state index in [4.69, 9.17) is 0 Å². The Labute approximate surface area is 217 Å². The van der Waals surface area contributed by atoms with Gasteiger partial charge in [-0.25, -0.2) is 13.6 Å². The Morgan fingerprint density at radius 3 is 2.74 bits per heavy atom. The lowest BCUT2D eigenvalue weighted by Crippen LogP contribution is -2.68. The molecule has 0 atom stereocenters. The number of halogens is 1. The second-order valence-corrected chi connectivity index (χ2v) is 9.61. The van der Waals surface area contributed by atoms with Gasteiger partial charge in [-0.3, -0.25) is 9.59 Å². The molecule has 2 amide bonds. The highest BCUT2D eigenvalue weighted by Gasteiger charge is 2.53. The highest BCUT2D eigenvalue weighted by Crippen LogP contribution is 2.33. The van der Waals surface area contributed by atoms with Crippen molar-refractivity contribution in [2.75, 3.05) is 44.6 Å². The van der Waals surface area contributed by atoms with Crippen LogP contribution in [0.5, 0.6) is 0 Å². The average Bonchev–Trinajstić information content (AvgIpc) is 3.52. The zero-order valence-corrected chi connectivity index (χ0v) is 21.0. The van der Waals surface area contributed by atoms with E-state index in [9.17, 15) is 20.0 Å². The van der Waals surface area contributed by atoms with Crippen LogP contribution in [0.3, 0.4) is 0 Å². The third kappa shape index (κ3) is 4.26. The number of nitrogens with one attached hydrogen (secondary N) is 1. The lowest BCUT2D eigenvalue weighted by molar-refractivity contribution is -0.162. The van der Waals surface area contributed by atoms with Crippen LogP contribution in [0, 0.1) is 18.3 Å². The Kier molecular flexibility index (Phi) is 6.58. The van der Waals surface area contributed by atoms with E-state index in [-0.39, 0.29) is 31.6 Å². The number of nitrogens with zero attached hydrogens (tertiary/aromatic N) is 8. The SMILES string of the molecule is C=CC(=O)N1CC(F)(C(=O)N2CCC(n3nnc(-c4cc(NCCO)c5c(C#N)cnn5c4)c3C)CC2)C1. The first kappa shape index (κ1) is 25.3. The molecular formula is C25H28FN9O3. The monoisotopic (exact) mass is 521 g/mol. The minimum absolute atomic E-state index is 0.0123. The van der Waals surface area contributed by atoms with Crippen molar-refractivity contribution in [2.45, 2.75) is 31.5 Å². The fraction of sp³-hybridized carbons (Fsp3) is 0.440. The van der Waals surface area contributed by atoms with Crippen molar-refractivity contribution in [2.24, 2.45) is 0 Å². The van der Waals surface area contributed by atoms with Gasteiger partial charge in [0.2, 0.25) is 11.6 Å². The molecule has 0 bridgehead atoms. The summed E-state index contributed by atoms with van der Waals surface area (Å²) in [5, 5.41) is 34.9. The quantitative estimate of drug-likeness (QED) is 0.440. The Morgan fingerprint density at radius 2 is 2.08 bits per heavy atom. The molecule has 0 unspecified atom stereocenters. The third-order valence-electron chi connectivity index (χ3n) is 7.21. The normalized spacial score (nSPS) is 17.2. The maximum absolute atomic E-state index is 15.1. The lowest BCUT2D eigenvalue weighted by atomic mass is 9.92. The van der Waals surface area contributed by atoms with Crippen molar-refractivity contribution in [1.29, 1.82) is 5.26 Å². The van der Waals surface area contributed by atoms with Crippen molar-refractivity contribution in [1.82, 2.24) is 34.4 Å². The number of aliphatic hydroxyl groups excluding tert-OH is 1. The van der Waals surface area contributed by atoms with Crippen LogP contribution in [0.25, 0.3) is 16.8 Å². The predicted molar refractivity (Wildman–Crippen MR) is 135 cm³/mol. The van der Waals surface area contributed by atoms with Gasteiger partial charge in [-0.05, 0) is 31.9 Å². The molecule has 2 aliphatic rings. The van der Waals surface area contributed by atoms with E-state index in [0.29, 0.717) is 54.9 Å². The number of rotatable bonds is 7. The molecule has 3 aromatic heterocycles. The molecule has 2 aliphatic heterocycles. The van der Waals surface area contributed by atoms with E-state index in [2.05, 4.69) is 33.4 Å². The van der Waals surface area contributed by atoms with Gasteiger partial charge in [0, 0.05) is 31.4 Å². The van der Waals surface area contributed by atoms with Gasteiger partial charge in [-0.15, -0.1) is 5.10 Å². The van der Waals surface area contributed by atoms with Gasteiger partial charge in [-0.1, -0.05) is 11.8 Å². The van der Waals surface area contributed by atoms with Gasteiger partial charge in [-0.2, -0.15) is 10.4 Å². The molecule has 2 N–H and O–H groups in total. The summed E-state index contributed by atoms with van der Waals surface area (Å²) in [4.78, 5) is 27.2. The fourth-order valence-electron chi connectivity index (χ4n) is 5.19. The third-order valence-corrected chi connectivity index (χ3v) is 7.21. The van der Waals surface area contributed by atoms with Crippen LogP contribution in [-0.4, -0.2) is 96.3 Å². The largest absolute Gasteiger partial charge is 0.395 e. The number of carbonyl (C=O) groups excluding carboxylic acids is 2. The first-order chi connectivity index (χ1) is 18.3. The number of hydrogen-bond acceptors (Lipinski definition) is 8. The molecule has 3 aromatic rings. The van der Waals surface area contributed by atoms with E-state index in [1.807, 2.05) is 17.7 Å². The molecule has 0 radical (unpaired) electrons. The minimum atomic E-state index is -2.04. The van der Waals surface area contributed by atoms with Gasteiger partial charge in [0.15, 0.2) is 0 Å². The Hall–Kier alpha value is -4.31. The molecule has 0 saturated carbocycles. The average molecular weight is 522 g/mol. The van der Waals surface area contributed by atoms with E-state index >= 15 is 4.39 Å². The fourth-order valence-corrected chi connectivity index (χ4v) is 5.19. The van der Waals surface area contributed by atoms with Gasteiger partial charge >= 0.3 is 0 Å². The number of amides is 2. The molecular weight excluding hydrogens is 493 g/mol. The molecule has 12 nitrogen and oxygen atoms in total. The number of alkyl halides is 1. The topological polar surface area (TPSA) is 145 Å². The standard InChI is InChI=1S/C25H28FN9O3/c1-3-21(37)33-14-25(26,15-33)24(38)32-7-4-19(5-8-32)35-16(2)22(30-31-35)17-10-20(28-6-9-36)23-18(11-27)12-29-34(23)13-17/h3,10,12-13,19,28,36H,1,4-9,14-15H2,2H3. The van der Waals surface area contributed by atoms with Crippen LogP contribution >= 0.6 is 0 Å². The summed E-state index contributed by atoms with van der Waals surface area (Å²) < 4.78 is 18.5. The summed E-state index contributed by atoms with van der Waals surface area (Å²) in [6.45, 7) is 5.82. The molecule has 2 fully saturated rings. The molecule has 5 rings (SSSR count). The molecule has 13 heteroatoms. The maximum atomic E-state index is 15.1. The number of fused-ring (bicyclic) bond motifs is 1. The highest BCUT2D eigenvalue weighted by atomic mass is 19.1. The number of hydrogen-bond donors (Lipinski definition) is 2. The van der Waals surface area contributed by atoms with Crippen LogP contribution < -0.4 is 5.32 Å². The summed E-state index contributed by atoms with van der Waals surface area (Å²) in [6.07, 6.45) is 5.57. The number of pyridine rings is 1. The summed E-state index contributed by atoms with van der Waals surface area (Å²) in [6, 6.07) is 3.98. The first-order valence-corrected chi connectivity index (χ1v) is 12.4. The zero-order chi connectivity index (χ0) is 27.0. The summed E-state index contributed by atoms with van der Waals surface area (Å²) in [5.41, 5.74) is 1.85. The van der Waals surface area contributed by atoms with Gasteiger partial charge in [0.1, 0.15) is 17.3 Å². The molecule has 0 spiro atoms. The van der Waals surface area contributed by atoms with Crippen molar-refractivity contribution in [3.8, 4) is 17.3 Å². The zero-order valence-electron chi connectivity index (χ0n) is 21.0. The number of piperidine rings is 1. The van der Waals surface area contributed by atoms with Crippen LogP contribution in [0.1, 0.15) is 30.1 Å². The second kappa shape index (κ2) is 9.86. The van der Waals surface area contributed by atoms with Gasteiger partial charge in [0.05, 0.1) is 48.9 Å². The maximum Gasteiger partial charge on any atom is 0.264 e. The van der Waals surface area contributed by atoms with E-state index in [1.165, 1.54) is 16.0 Å². The number of carbonyl (C=O) groups is 2. The number of likely N-dealkylation sites (tertiary alicyclic amines) is 2. The number of aliphatic hydroxyl groups is 1. The number of aromatic nitrogens is 5. The minimum Gasteiger partial charge on any atom is -0.395 e. The summed E-state index contributed by atoms with van der Waals surface area (Å²) in [7, 11) is 0. The molecule has 38 heavy (non-hydrogen) atoms. The number of anilines is 1. The van der Waals surface area contributed by atoms with Gasteiger partial charge in [0.25, 0.3) is 5.91 Å². The highest BCUT2D eigenvalue weighted by molar-refractivity contribution is 5.93. The van der Waals surface area contributed by atoms with Crippen LogP contribution in [0.4, 0.5) is 10.1 Å². The summed E-state index contributed by atoms with van der Waals surface area (Å²) in [5.74, 6) is -0.956. The lowest BCUT2D eigenvalue weighted by Gasteiger charge is -2.45. The van der Waals surface area contributed by atoms with E-state index in [0.717, 1.165) is 17.3 Å². The van der Waals surface area contributed by atoms with E-state index in [1.54, 1.807) is 10.7 Å².